The Bertz CT molecular complexity index is 1660. The number of nitrogens with one attached hydrogen (secondary N) is 1. The average molecular weight is 726 g/mol. The summed E-state index contributed by atoms with van der Waals surface area (Å²) >= 11 is 13.0. The van der Waals surface area contributed by atoms with Crippen molar-refractivity contribution in [1.82, 2.24) is 24.8 Å². The molecular formula is C32H42Cl2N6O9. The number of rotatable bonds is 10. The summed E-state index contributed by atoms with van der Waals surface area (Å²) in [5.74, 6) is -1.03. The van der Waals surface area contributed by atoms with E-state index in [1.165, 1.54) is 12.7 Å². The van der Waals surface area contributed by atoms with Crippen LogP contribution < -0.4 is 15.0 Å². The van der Waals surface area contributed by atoms with Gasteiger partial charge in [0.1, 0.15) is 34.9 Å². The lowest BCUT2D eigenvalue weighted by atomic mass is 10.1. The van der Waals surface area contributed by atoms with E-state index >= 15 is 0 Å². The summed E-state index contributed by atoms with van der Waals surface area (Å²) < 4.78 is 23.7. The van der Waals surface area contributed by atoms with Crippen molar-refractivity contribution in [2.75, 3.05) is 11.5 Å². The standard InChI is InChI=1S/C32H42Cl2N6O9/c1-30(2,3)47-27(43)38-20(26(41)42)11-10-14-46-21-13-12-19(33)22(34)18(21)15-39-17-37-23-24(39)35-16-36-25(23)40(28(44)48-31(4,5)6)29(45)49-32(7,8)9/h12-13,16-17,20H,10-11,14-15H2,1-9H3,(H,38,43)(H,41,42)/t20-/m1/s1. The summed E-state index contributed by atoms with van der Waals surface area (Å²) in [6, 6.07) is 1.97. The van der Waals surface area contributed by atoms with Crippen LogP contribution in [0.2, 0.25) is 10.0 Å². The molecule has 0 radical (unpaired) electrons. The normalized spacial score (nSPS) is 12.6. The fourth-order valence-electron chi connectivity index (χ4n) is 4.21. The molecule has 17 heteroatoms. The van der Waals surface area contributed by atoms with Gasteiger partial charge in [-0.05, 0) is 87.3 Å². The van der Waals surface area contributed by atoms with Gasteiger partial charge >= 0.3 is 24.2 Å². The van der Waals surface area contributed by atoms with Gasteiger partial charge in [-0.15, -0.1) is 0 Å². The number of imide groups is 1. The number of hydrogen-bond donors (Lipinski definition) is 2. The lowest BCUT2D eigenvalue weighted by molar-refractivity contribution is -0.139. The number of alkyl carbamates (subject to hydrolysis) is 1. The minimum atomic E-state index is -1.22. The molecule has 1 atom stereocenters. The average Bonchev–Trinajstić information content (AvgIpc) is 3.34. The van der Waals surface area contributed by atoms with E-state index in [9.17, 15) is 24.3 Å². The van der Waals surface area contributed by atoms with Gasteiger partial charge in [0.05, 0.1) is 29.5 Å². The molecule has 0 aliphatic heterocycles. The first-order valence-electron chi connectivity index (χ1n) is 15.3. The SMILES string of the molecule is CC(C)(C)OC(=O)N[C@H](CCCOc1ccc(Cl)c(Cl)c1Cn1cnc2c(N(C(=O)OC(C)(C)C)C(=O)OC(C)(C)C)ncnc21)C(=O)O. The number of imidazole rings is 1. The Morgan fingerprint density at radius 1 is 0.898 bits per heavy atom. The fourth-order valence-corrected chi connectivity index (χ4v) is 4.61. The van der Waals surface area contributed by atoms with E-state index in [2.05, 4.69) is 20.3 Å². The number of aliphatic carboxylic acids is 1. The summed E-state index contributed by atoms with van der Waals surface area (Å²) in [7, 11) is 0. The summed E-state index contributed by atoms with van der Waals surface area (Å²) in [5, 5.41) is 12.4. The van der Waals surface area contributed by atoms with Gasteiger partial charge in [-0.25, -0.2) is 34.1 Å². The minimum absolute atomic E-state index is 0.0402. The van der Waals surface area contributed by atoms with Gasteiger partial charge in [0.2, 0.25) is 0 Å². The van der Waals surface area contributed by atoms with Crippen LogP contribution in [0.3, 0.4) is 0 Å². The molecule has 2 aromatic heterocycles. The first-order chi connectivity index (χ1) is 22.6. The molecule has 2 heterocycles. The first kappa shape index (κ1) is 39.1. The van der Waals surface area contributed by atoms with E-state index in [0.717, 1.165) is 0 Å². The highest BCUT2D eigenvalue weighted by Crippen LogP contribution is 2.35. The number of fused-ring (bicyclic) bond motifs is 1. The molecule has 0 fully saturated rings. The number of carboxylic acid groups (broad SMARTS) is 1. The van der Waals surface area contributed by atoms with Gasteiger partial charge in [-0.2, -0.15) is 4.90 Å². The molecule has 2 N–H and O–H groups in total. The fraction of sp³-hybridized carbons (Fsp3) is 0.531. The summed E-state index contributed by atoms with van der Waals surface area (Å²) in [4.78, 5) is 63.9. The second-order valence-corrected chi connectivity index (χ2v) is 14.7. The minimum Gasteiger partial charge on any atom is -0.493 e. The van der Waals surface area contributed by atoms with E-state index in [-0.39, 0.29) is 53.0 Å². The molecule has 15 nitrogen and oxygen atoms in total. The van der Waals surface area contributed by atoms with E-state index in [1.807, 2.05) is 0 Å². The monoisotopic (exact) mass is 724 g/mol. The Morgan fingerprint density at radius 3 is 2.04 bits per heavy atom. The lowest BCUT2D eigenvalue weighted by Crippen LogP contribution is -2.44. The van der Waals surface area contributed by atoms with Crippen LogP contribution >= 0.6 is 23.2 Å². The van der Waals surface area contributed by atoms with Crippen molar-refractivity contribution in [2.24, 2.45) is 0 Å². The molecule has 3 rings (SSSR count). The Balaban J connectivity index is 1.88. The van der Waals surface area contributed by atoms with Gasteiger partial charge in [0, 0.05) is 5.56 Å². The highest BCUT2D eigenvalue weighted by Gasteiger charge is 2.36. The van der Waals surface area contributed by atoms with Crippen LogP contribution in [0, 0.1) is 0 Å². The van der Waals surface area contributed by atoms with Crippen molar-refractivity contribution >= 4 is 64.4 Å². The number of carbonyl (C=O) groups excluding carboxylic acids is 3. The number of nitrogens with zero attached hydrogens (tertiary/aromatic N) is 5. The predicted molar refractivity (Wildman–Crippen MR) is 181 cm³/mol. The Kier molecular flexibility index (Phi) is 12.3. The molecule has 0 bridgehead atoms. The number of carbonyl (C=O) groups is 4. The topological polar surface area (TPSA) is 184 Å². The van der Waals surface area contributed by atoms with Crippen molar-refractivity contribution in [2.45, 2.75) is 105 Å². The van der Waals surface area contributed by atoms with Crippen molar-refractivity contribution in [3.05, 3.63) is 40.4 Å². The molecule has 0 aliphatic rings. The van der Waals surface area contributed by atoms with Crippen molar-refractivity contribution in [3.8, 4) is 5.75 Å². The molecule has 0 unspecified atom stereocenters. The molecule has 268 valence electrons. The van der Waals surface area contributed by atoms with Crippen LogP contribution in [0.1, 0.15) is 80.7 Å². The number of anilines is 1. The third kappa shape index (κ3) is 11.3. The Morgan fingerprint density at radius 2 is 1.49 bits per heavy atom. The van der Waals surface area contributed by atoms with Gasteiger partial charge in [0.15, 0.2) is 17.0 Å². The number of halogens is 2. The van der Waals surface area contributed by atoms with Gasteiger partial charge in [-0.1, -0.05) is 23.2 Å². The third-order valence-electron chi connectivity index (χ3n) is 6.11. The number of amides is 3. The van der Waals surface area contributed by atoms with Crippen LogP contribution in [-0.2, 0) is 25.5 Å². The van der Waals surface area contributed by atoms with E-state index in [4.69, 9.17) is 42.1 Å². The number of aromatic nitrogens is 4. The molecular weight excluding hydrogens is 683 g/mol. The smallest absolute Gasteiger partial charge is 0.425 e. The molecule has 49 heavy (non-hydrogen) atoms. The first-order valence-corrected chi connectivity index (χ1v) is 16.1. The number of benzene rings is 1. The van der Waals surface area contributed by atoms with Crippen LogP contribution in [0.4, 0.5) is 20.2 Å². The number of hydrogen-bond acceptors (Lipinski definition) is 11. The van der Waals surface area contributed by atoms with Gasteiger partial charge < -0.3 is 33.9 Å². The molecule has 0 saturated heterocycles. The maximum Gasteiger partial charge on any atom is 0.425 e. The van der Waals surface area contributed by atoms with Crippen molar-refractivity contribution in [3.63, 3.8) is 0 Å². The van der Waals surface area contributed by atoms with Crippen molar-refractivity contribution < 1.29 is 43.2 Å². The molecule has 0 saturated carbocycles. The molecule has 1 aromatic carbocycles. The van der Waals surface area contributed by atoms with Crippen molar-refractivity contribution in [1.29, 1.82) is 0 Å². The second kappa shape index (κ2) is 15.5. The number of ether oxygens (including phenoxy) is 4. The summed E-state index contributed by atoms with van der Waals surface area (Å²) in [5.41, 5.74) is -1.88. The van der Waals surface area contributed by atoms with Gasteiger partial charge in [-0.3, -0.25) is 0 Å². The lowest BCUT2D eigenvalue weighted by Gasteiger charge is -2.28. The van der Waals surface area contributed by atoms with E-state index in [0.29, 0.717) is 16.2 Å². The summed E-state index contributed by atoms with van der Waals surface area (Å²) in [6.07, 6.45) is 0.0237. The highest BCUT2D eigenvalue weighted by atomic mass is 35.5. The number of carboxylic acids is 1. The second-order valence-electron chi connectivity index (χ2n) is 13.9. The van der Waals surface area contributed by atoms with Crippen LogP contribution in [0.5, 0.6) is 5.75 Å². The highest BCUT2D eigenvalue weighted by molar-refractivity contribution is 6.42. The van der Waals surface area contributed by atoms with E-state index in [1.54, 1.807) is 79.0 Å². The quantitative estimate of drug-likeness (QED) is 0.161. The van der Waals surface area contributed by atoms with Crippen LogP contribution in [0.15, 0.2) is 24.8 Å². The van der Waals surface area contributed by atoms with Gasteiger partial charge in [0.25, 0.3) is 0 Å². The zero-order valence-electron chi connectivity index (χ0n) is 28.9. The largest absolute Gasteiger partial charge is 0.493 e. The molecule has 0 aliphatic carbocycles. The zero-order chi connectivity index (χ0) is 36.9. The molecule has 0 spiro atoms. The Hall–Kier alpha value is -4.37. The van der Waals surface area contributed by atoms with Crippen LogP contribution in [0.25, 0.3) is 11.2 Å². The zero-order valence-corrected chi connectivity index (χ0v) is 30.4. The van der Waals surface area contributed by atoms with E-state index < -0.39 is 47.1 Å². The Labute approximate surface area is 294 Å². The molecule has 3 aromatic rings. The predicted octanol–water partition coefficient (Wildman–Crippen LogP) is 6.99. The van der Waals surface area contributed by atoms with Crippen LogP contribution in [-0.4, -0.2) is 78.3 Å². The maximum absolute atomic E-state index is 13.3. The maximum atomic E-state index is 13.3. The molecule has 3 amide bonds. The summed E-state index contributed by atoms with van der Waals surface area (Å²) in [6.45, 7) is 15.1. The third-order valence-corrected chi connectivity index (χ3v) is 6.95.